The van der Waals surface area contributed by atoms with Crippen LogP contribution in [0, 0.1) is 5.95 Å². The first-order chi connectivity index (χ1) is 9.76. The van der Waals surface area contributed by atoms with Crippen molar-refractivity contribution in [1.29, 1.82) is 0 Å². The number of hydrogen-bond acceptors (Lipinski definition) is 3. The Morgan fingerprint density at radius 1 is 1.48 bits per heavy atom. The van der Waals surface area contributed by atoms with E-state index in [1.807, 2.05) is 20.8 Å². The van der Waals surface area contributed by atoms with Crippen LogP contribution in [-0.4, -0.2) is 34.7 Å². The van der Waals surface area contributed by atoms with Crippen molar-refractivity contribution in [3.8, 4) is 0 Å². The lowest BCUT2D eigenvalue weighted by Crippen LogP contribution is -2.42. The highest BCUT2D eigenvalue weighted by molar-refractivity contribution is 9.10. The van der Waals surface area contributed by atoms with Crippen LogP contribution in [-0.2, 0) is 4.74 Å². The van der Waals surface area contributed by atoms with Gasteiger partial charge in [-0.3, -0.25) is 0 Å². The molecule has 0 aliphatic carbocycles. The lowest BCUT2D eigenvalue weighted by Gasteiger charge is -2.33. The number of carbonyl (C=O) groups excluding carboxylic acids is 1. The minimum atomic E-state index is -0.512. The summed E-state index contributed by atoms with van der Waals surface area (Å²) in [6.07, 6.45) is 1.45. The molecule has 2 heterocycles. The molecule has 1 aromatic heterocycles. The van der Waals surface area contributed by atoms with Crippen molar-refractivity contribution in [1.82, 2.24) is 9.88 Å². The maximum Gasteiger partial charge on any atom is 0.410 e. The van der Waals surface area contributed by atoms with Gasteiger partial charge in [-0.2, -0.15) is 4.39 Å². The van der Waals surface area contributed by atoms with Crippen LogP contribution < -0.4 is 0 Å². The van der Waals surface area contributed by atoms with Crippen molar-refractivity contribution in [2.24, 2.45) is 0 Å². The molecule has 1 saturated heterocycles. The largest absolute Gasteiger partial charge is 0.444 e. The first-order valence-corrected chi connectivity index (χ1v) is 7.85. The minimum absolute atomic E-state index is 0.0499. The van der Waals surface area contributed by atoms with E-state index in [1.54, 1.807) is 17.0 Å². The van der Waals surface area contributed by atoms with E-state index in [2.05, 4.69) is 20.9 Å². The van der Waals surface area contributed by atoms with E-state index in [1.165, 1.54) is 0 Å². The summed E-state index contributed by atoms with van der Waals surface area (Å²) in [7, 11) is 0. The van der Waals surface area contributed by atoms with Gasteiger partial charge in [0.1, 0.15) is 5.60 Å². The number of hydrogen-bond donors (Lipinski definition) is 0. The molecular weight excluding hydrogens is 339 g/mol. The van der Waals surface area contributed by atoms with Gasteiger partial charge in [0.2, 0.25) is 5.95 Å². The van der Waals surface area contributed by atoms with Gasteiger partial charge in [-0.1, -0.05) is 0 Å². The molecule has 1 amide bonds. The lowest BCUT2D eigenvalue weighted by atomic mass is 9.94. The van der Waals surface area contributed by atoms with Crippen molar-refractivity contribution in [3.05, 3.63) is 28.2 Å². The van der Waals surface area contributed by atoms with Gasteiger partial charge in [-0.25, -0.2) is 9.78 Å². The zero-order chi connectivity index (χ0) is 15.6. The molecule has 0 bridgehead atoms. The summed E-state index contributed by atoms with van der Waals surface area (Å²) >= 11 is 3.10. The monoisotopic (exact) mass is 358 g/mol. The van der Waals surface area contributed by atoms with Crippen LogP contribution >= 0.6 is 15.9 Å². The fourth-order valence-electron chi connectivity index (χ4n) is 2.37. The van der Waals surface area contributed by atoms with Crippen LogP contribution in [0.5, 0.6) is 0 Å². The van der Waals surface area contributed by atoms with Gasteiger partial charge < -0.3 is 9.64 Å². The number of aromatic nitrogens is 1. The van der Waals surface area contributed by atoms with Crippen LogP contribution in [0.4, 0.5) is 9.18 Å². The smallest absolute Gasteiger partial charge is 0.410 e. The van der Waals surface area contributed by atoms with Crippen LogP contribution in [0.15, 0.2) is 16.6 Å². The fourth-order valence-corrected chi connectivity index (χ4v) is 2.59. The summed E-state index contributed by atoms with van der Waals surface area (Å²) < 4.78 is 19.3. The van der Waals surface area contributed by atoms with Crippen LogP contribution in [0.3, 0.4) is 0 Å². The third kappa shape index (κ3) is 4.40. The minimum Gasteiger partial charge on any atom is -0.444 e. The molecule has 1 fully saturated rings. The van der Waals surface area contributed by atoms with E-state index in [0.29, 0.717) is 23.3 Å². The molecular formula is C15H20BrFN2O2. The zero-order valence-electron chi connectivity index (χ0n) is 12.5. The van der Waals surface area contributed by atoms with Crippen molar-refractivity contribution < 1.29 is 13.9 Å². The number of ether oxygens (including phenoxy) is 1. The SMILES string of the molecule is CC(C)(C)OC(=O)N1CCCC(c2ccc(Br)c(F)n2)C1. The number of halogens is 2. The summed E-state index contributed by atoms with van der Waals surface area (Å²) in [6.45, 7) is 6.72. The third-order valence-corrected chi connectivity index (χ3v) is 3.91. The highest BCUT2D eigenvalue weighted by Crippen LogP contribution is 2.28. The molecule has 1 aliphatic heterocycles. The Kier molecular flexibility index (Phi) is 4.86. The van der Waals surface area contributed by atoms with Crippen molar-refractivity contribution in [3.63, 3.8) is 0 Å². The second-order valence-electron chi connectivity index (χ2n) is 6.27. The Labute approximate surface area is 132 Å². The van der Waals surface area contributed by atoms with Gasteiger partial charge >= 0.3 is 6.09 Å². The fraction of sp³-hybridized carbons (Fsp3) is 0.600. The molecule has 2 rings (SSSR count). The molecule has 116 valence electrons. The maximum absolute atomic E-state index is 13.5. The van der Waals surface area contributed by atoms with Gasteiger partial charge in [0.25, 0.3) is 0 Å². The molecule has 1 aliphatic rings. The van der Waals surface area contributed by atoms with E-state index in [9.17, 15) is 9.18 Å². The molecule has 0 radical (unpaired) electrons. The first kappa shape index (κ1) is 16.2. The van der Waals surface area contributed by atoms with Gasteiger partial charge in [0.05, 0.1) is 4.47 Å². The predicted molar refractivity (Wildman–Crippen MR) is 81.7 cm³/mol. The van der Waals surface area contributed by atoms with Crippen molar-refractivity contribution >= 4 is 22.0 Å². The van der Waals surface area contributed by atoms with E-state index in [4.69, 9.17) is 4.74 Å². The van der Waals surface area contributed by atoms with Crippen LogP contribution in [0.2, 0.25) is 0 Å². The number of amides is 1. The molecule has 4 nitrogen and oxygen atoms in total. The topological polar surface area (TPSA) is 42.4 Å². The van der Waals surface area contributed by atoms with Crippen molar-refractivity contribution in [2.75, 3.05) is 13.1 Å². The summed E-state index contributed by atoms with van der Waals surface area (Å²) in [6, 6.07) is 3.46. The number of likely N-dealkylation sites (tertiary alicyclic amines) is 1. The van der Waals surface area contributed by atoms with E-state index in [-0.39, 0.29) is 12.0 Å². The Morgan fingerprint density at radius 2 is 2.19 bits per heavy atom. The zero-order valence-corrected chi connectivity index (χ0v) is 14.1. The van der Waals surface area contributed by atoms with Crippen LogP contribution in [0.1, 0.15) is 45.2 Å². The van der Waals surface area contributed by atoms with Crippen molar-refractivity contribution in [2.45, 2.75) is 45.1 Å². The quantitative estimate of drug-likeness (QED) is 0.709. The average molecular weight is 359 g/mol. The molecule has 0 spiro atoms. The highest BCUT2D eigenvalue weighted by Gasteiger charge is 2.29. The normalized spacial score (nSPS) is 19.5. The molecule has 6 heteroatoms. The summed E-state index contributed by atoms with van der Waals surface area (Å²) in [5.74, 6) is -0.462. The lowest BCUT2D eigenvalue weighted by molar-refractivity contribution is 0.0197. The van der Waals surface area contributed by atoms with Crippen LogP contribution in [0.25, 0.3) is 0 Å². The van der Waals surface area contributed by atoms with Gasteiger partial charge in [-0.05, 0) is 61.7 Å². The number of carbonyl (C=O) groups is 1. The first-order valence-electron chi connectivity index (χ1n) is 7.06. The predicted octanol–water partition coefficient (Wildman–Crippen LogP) is 4.10. The van der Waals surface area contributed by atoms with Gasteiger partial charge in [0, 0.05) is 24.7 Å². The Balaban J connectivity index is 2.06. The maximum atomic E-state index is 13.5. The molecule has 1 atom stereocenters. The highest BCUT2D eigenvalue weighted by atomic mass is 79.9. The Hall–Kier alpha value is -1.17. The van der Waals surface area contributed by atoms with Gasteiger partial charge in [-0.15, -0.1) is 0 Å². The molecule has 0 N–H and O–H groups in total. The molecule has 21 heavy (non-hydrogen) atoms. The standard InChI is InChI=1S/C15H20BrFN2O2/c1-15(2,3)21-14(20)19-8-4-5-10(9-19)12-7-6-11(16)13(17)18-12/h6-7,10H,4-5,8-9H2,1-3H3. The van der Waals surface area contributed by atoms with E-state index < -0.39 is 11.5 Å². The Bertz CT molecular complexity index is 531. The number of rotatable bonds is 1. The van der Waals surface area contributed by atoms with E-state index >= 15 is 0 Å². The summed E-state index contributed by atoms with van der Waals surface area (Å²) in [4.78, 5) is 17.8. The molecule has 0 aromatic carbocycles. The molecule has 1 unspecified atom stereocenters. The second-order valence-corrected chi connectivity index (χ2v) is 7.13. The summed E-state index contributed by atoms with van der Waals surface area (Å²) in [5.41, 5.74) is 0.176. The Morgan fingerprint density at radius 3 is 2.81 bits per heavy atom. The number of nitrogens with zero attached hydrogens (tertiary/aromatic N) is 2. The second kappa shape index (κ2) is 6.30. The third-order valence-electron chi connectivity index (χ3n) is 3.32. The van der Waals surface area contributed by atoms with Gasteiger partial charge in [0.15, 0.2) is 0 Å². The number of pyridine rings is 1. The molecule has 0 saturated carbocycles. The van der Waals surface area contributed by atoms with E-state index in [0.717, 1.165) is 12.8 Å². The molecule has 1 aromatic rings. The summed E-state index contributed by atoms with van der Waals surface area (Å²) in [5, 5.41) is 0. The number of piperidine rings is 1. The average Bonchev–Trinajstić information content (AvgIpc) is 2.40.